The maximum absolute atomic E-state index is 12.4. The Balaban J connectivity index is 1.60. The SMILES string of the molecule is Cc1cc(NC(=O)N2CCO[C@H](CN(C)c3nccn(C)c3=O)C2)no1. The molecule has 0 saturated carbocycles. The maximum Gasteiger partial charge on any atom is 0.323 e. The van der Waals surface area contributed by atoms with Gasteiger partial charge in [-0.3, -0.25) is 10.1 Å². The predicted octanol–water partition coefficient (Wildman–Crippen LogP) is 0.446. The number of nitrogens with zero attached hydrogens (tertiary/aromatic N) is 5. The highest BCUT2D eigenvalue weighted by atomic mass is 16.5. The number of carbonyl (C=O) groups excluding carboxylic acids is 1. The van der Waals surface area contributed by atoms with Crippen molar-refractivity contribution in [1.82, 2.24) is 19.6 Å². The van der Waals surface area contributed by atoms with Crippen LogP contribution in [0.25, 0.3) is 0 Å². The standard InChI is InChI=1S/C16H22N6O4/c1-11-8-13(19-26-11)18-16(24)22-6-7-25-12(10-22)9-21(3)14-15(23)20(2)5-4-17-14/h4-5,8,12H,6-7,9-10H2,1-3H3,(H,18,19,24)/t12-/m1/s1. The minimum atomic E-state index is -0.261. The van der Waals surface area contributed by atoms with Crippen LogP contribution in [0, 0.1) is 6.92 Å². The highest BCUT2D eigenvalue weighted by Crippen LogP contribution is 2.12. The molecule has 0 spiro atoms. The van der Waals surface area contributed by atoms with Crippen molar-refractivity contribution in [2.45, 2.75) is 13.0 Å². The van der Waals surface area contributed by atoms with E-state index in [1.54, 1.807) is 49.3 Å². The van der Waals surface area contributed by atoms with Gasteiger partial charge in [-0.1, -0.05) is 5.16 Å². The summed E-state index contributed by atoms with van der Waals surface area (Å²) >= 11 is 0. The van der Waals surface area contributed by atoms with Gasteiger partial charge in [-0.25, -0.2) is 9.78 Å². The number of nitrogens with one attached hydrogen (secondary N) is 1. The molecule has 10 nitrogen and oxygen atoms in total. The molecule has 0 radical (unpaired) electrons. The Kier molecular flexibility index (Phi) is 5.21. The molecule has 0 aromatic carbocycles. The van der Waals surface area contributed by atoms with Crippen LogP contribution in [-0.2, 0) is 11.8 Å². The lowest BCUT2D eigenvalue weighted by atomic mass is 10.2. The number of aromatic nitrogens is 3. The third kappa shape index (κ3) is 4.02. The lowest BCUT2D eigenvalue weighted by Crippen LogP contribution is -2.51. The van der Waals surface area contributed by atoms with Crippen LogP contribution in [0.15, 0.2) is 27.8 Å². The topological polar surface area (TPSA) is 106 Å². The summed E-state index contributed by atoms with van der Waals surface area (Å²) < 4.78 is 12.2. The van der Waals surface area contributed by atoms with E-state index < -0.39 is 0 Å². The number of hydrogen-bond donors (Lipinski definition) is 1. The van der Waals surface area contributed by atoms with E-state index in [1.165, 1.54) is 4.57 Å². The van der Waals surface area contributed by atoms with E-state index in [1.807, 2.05) is 0 Å². The van der Waals surface area contributed by atoms with Gasteiger partial charge in [0.1, 0.15) is 5.76 Å². The quantitative estimate of drug-likeness (QED) is 0.841. The molecule has 0 unspecified atom stereocenters. The molecule has 140 valence electrons. The van der Waals surface area contributed by atoms with Crippen LogP contribution < -0.4 is 15.8 Å². The van der Waals surface area contributed by atoms with E-state index in [4.69, 9.17) is 9.26 Å². The fourth-order valence-electron chi connectivity index (χ4n) is 2.77. The highest BCUT2D eigenvalue weighted by molar-refractivity contribution is 5.88. The second-order valence-electron chi connectivity index (χ2n) is 6.24. The minimum Gasteiger partial charge on any atom is -0.373 e. The van der Waals surface area contributed by atoms with Crippen molar-refractivity contribution in [1.29, 1.82) is 0 Å². The van der Waals surface area contributed by atoms with Gasteiger partial charge in [0.05, 0.1) is 19.3 Å². The fraction of sp³-hybridized carbons (Fsp3) is 0.500. The van der Waals surface area contributed by atoms with Gasteiger partial charge < -0.3 is 23.6 Å². The molecule has 0 bridgehead atoms. The molecular weight excluding hydrogens is 340 g/mol. The van der Waals surface area contributed by atoms with Crippen LogP contribution in [0.3, 0.4) is 0 Å². The number of urea groups is 1. The zero-order chi connectivity index (χ0) is 18.7. The van der Waals surface area contributed by atoms with Crippen LogP contribution in [0.5, 0.6) is 0 Å². The third-order valence-electron chi connectivity index (χ3n) is 4.13. The molecule has 2 amide bonds. The molecule has 1 atom stereocenters. The zero-order valence-electron chi connectivity index (χ0n) is 15.0. The molecule has 10 heteroatoms. The first-order valence-corrected chi connectivity index (χ1v) is 8.27. The van der Waals surface area contributed by atoms with Crippen molar-refractivity contribution in [3.63, 3.8) is 0 Å². The molecule has 1 saturated heterocycles. The van der Waals surface area contributed by atoms with Crippen LogP contribution >= 0.6 is 0 Å². The van der Waals surface area contributed by atoms with Gasteiger partial charge in [-0.2, -0.15) is 0 Å². The first-order chi connectivity index (χ1) is 12.4. The van der Waals surface area contributed by atoms with Crippen molar-refractivity contribution in [3.05, 3.63) is 34.6 Å². The number of hydrogen-bond acceptors (Lipinski definition) is 7. The molecule has 1 fully saturated rings. The molecule has 1 aliphatic rings. The van der Waals surface area contributed by atoms with Crippen LogP contribution in [0.4, 0.5) is 16.4 Å². The largest absolute Gasteiger partial charge is 0.373 e. The van der Waals surface area contributed by atoms with Crippen LogP contribution in [0.1, 0.15) is 5.76 Å². The van der Waals surface area contributed by atoms with Crippen molar-refractivity contribution >= 4 is 17.7 Å². The average Bonchev–Trinajstić information content (AvgIpc) is 3.02. The summed E-state index contributed by atoms with van der Waals surface area (Å²) in [5, 5.41) is 6.46. The monoisotopic (exact) mass is 362 g/mol. The second-order valence-corrected chi connectivity index (χ2v) is 6.24. The second kappa shape index (κ2) is 7.56. The number of anilines is 2. The number of amides is 2. The molecule has 1 N–H and O–H groups in total. The molecule has 2 aromatic rings. The molecule has 3 heterocycles. The number of rotatable bonds is 4. The summed E-state index contributed by atoms with van der Waals surface area (Å²) in [6, 6.07) is 1.39. The van der Waals surface area contributed by atoms with Gasteiger partial charge in [0.2, 0.25) is 0 Å². The first-order valence-electron chi connectivity index (χ1n) is 8.27. The molecule has 0 aliphatic carbocycles. The molecule has 2 aromatic heterocycles. The van der Waals surface area contributed by atoms with Crippen molar-refractivity contribution in [2.75, 3.05) is 43.5 Å². The van der Waals surface area contributed by atoms with Gasteiger partial charge >= 0.3 is 6.03 Å². The van der Waals surface area contributed by atoms with Gasteiger partial charge in [0.25, 0.3) is 5.56 Å². The summed E-state index contributed by atoms with van der Waals surface area (Å²) in [5.41, 5.74) is -0.179. The van der Waals surface area contributed by atoms with Gasteiger partial charge in [-0.05, 0) is 6.92 Å². The maximum atomic E-state index is 12.4. The summed E-state index contributed by atoms with van der Waals surface area (Å²) in [4.78, 5) is 32.1. The van der Waals surface area contributed by atoms with Gasteiger partial charge in [0.15, 0.2) is 11.6 Å². The van der Waals surface area contributed by atoms with E-state index in [2.05, 4.69) is 15.5 Å². The molecule has 1 aliphatic heterocycles. The Labute approximate surface area is 150 Å². The Morgan fingerprint density at radius 3 is 3.04 bits per heavy atom. The Hall–Kier alpha value is -2.88. The van der Waals surface area contributed by atoms with Crippen LogP contribution in [0.2, 0.25) is 0 Å². The number of likely N-dealkylation sites (N-methyl/N-ethyl adjacent to an activating group) is 1. The minimum absolute atomic E-state index is 0.179. The molecule has 3 rings (SSSR count). The number of carbonyl (C=O) groups is 1. The summed E-state index contributed by atoms with van der Waals surface area (Å²) in [5.74, 6) is 1.35. The lowest BCUT2D eigenvalue weighted by molar-refractivity contribution is -0.00716. The predicted molar refractivity (Wildman–Crippen MR) is 94.3 cm³/mol. The van der Waals surface area contributed by atoms with E-state index in [9.17, 15) is 9.59 Å². The van der Waals surface area contributed by atoms with Crippen LogP contribution in [-0.4, -0.2) is 65.0 Å². The average molecular weight is 362 g/mol. The summed E-state index contributed by atoms with van der Waals surface area (Å²) in [7, 11) is 3.46. The van der Waals surface area contributed by atoms with E-state index >= 15 is 0 Å². The summed E-state index contributed by atoms with van der Waals surface area (Å²) in [6.07, 6.45) is 2.95. The van der Waals surface area contributed by atoms with E-state index in [0.717, 1.165) is 0 Å². The number of aryl methyl sites for hydroxylation is 2. The van der Waals surface area contributed by atoms with Crippen molar-refractivity contribution in [2.24, 2.45) is 7.05 Å². The molecule has 26 heavy (non-hydrogen) atoms. The number of morpholine rings is 1. The van der Waals surface area contributed by atoms with Gasteiger partial charge in [0, 0.05) is 45.6 Å². The zero-order valence-corrected chi connectivity index (χ0v) is 15.0. The smallest absolute Gasteiger partial charge is 0.323 e. The normalized spacial score (nSPS) is 17.2. The van der Waals surface area contributed by atoms with E-state index in [-0.39, 0.29) is 17.7 Å². The Bertz CT molecular complexity index is 832. The lowest BCUT2D eigenvalue weighted by Gasteiger charge is -2.34. The van der Waals surface area contributed by atoms with Gasteiger partial charge in [-0.15, -0.1) is 0 Å². The third-order valence-corrected chi connectivity index (χ3v) is 4.13. The van der Waals surface area contributed by atoms with E-state index in [0.29, 0.717) is 43.6 Å². The molecular formula is C16H22N6O4. The highest BCUT2D eigenvalue weighted by Gasteiger charge is 2.26. The number of ether oxygens (including phenoxy) is 1. The Morgan fingerprint density at radius 1 is 1.50 bits per heavy atom. The summed E-state index contributed by atoms with van der Waals surface area (Å²) in [6.45, 7) is 3.50. The van der Waals surface area contributed by atoms with Crippen molar-refractivity contribution < 1.29 is 14.1 Å². The Morgan fingerprint density at radius 2 is 2.31 bits per heavy atom. The fourth-order valence-corrected chi connectivity index (χ4v) is 2.77. The van der Waals surface area contributed by atoms with Crippen molar-refractivity contribution in [3.8, 4) is 0 Å². The first kappa shape index (κ1) is 17.9.